The number of carbonyl (C=O) groups excluding carboxylic acids is 1. The number of aryl methyl sites for hydroxylation is 1. The zero-order valence-corrected chi connectivity index (χ0v) is 15.3. The van der Waals surface area contributed by atoms with E-state index in [0.29, 0.717) is 12.3 Å². The Hall–Kier alpha value is -1.87. The summed E-state index contributed by atoms with van der Waals surface area (Å²) in [6, 6.07) is 14.1. The van der Waals surface area contributed by atoms with E-state index in [0.717, 1.165) is 22.9 Å². The molecular formula is C21H20BrNO. The van der Waals surface area contributed by atoms with Gasteiger partial charge in [-0.15, -0.1) is 0 Å². The third-order valence-corrected chi connectivity index (χ3v) is 5.76. The van der Waals surface area contributed by atoms with Gasteiger partial charge in [-0.1, -0.05) is 34.1 Å². The van der Waals surface area contributed by atoms with Crippen molar-refractivity contribution in [3.05, 3.63) is 75.5 Å². The molecule has 2 nitrogen and oxygen atoms in total. The van der Waals surface area contributed by atoms with Crippen molar-refractivity contribution < 1.29 is 4.79 Å². The molecule has 0 N–H and O–H groups in total. The molecule has 3 heteroatoms. The van der Waals surface area contributed by atoms with Crippen LogP contribution in [0.2, 0.25) is 0 Å². The van der Waals surface area contributed by atoms with E-state index in [1.807, 2.05) is 24.3 Å². The number of pyridine rings is 1. The van der Waals surface area contributed by atoms with E-state index in [1.165, 1.54) is 28.8 Å². The van der Waals surface area contributed by atoms with E-state index >= 15 is 0 Å². The molecule has 1 aliphatic rings. The minimum absolute atomic E-state index is 0.240. The number of halogens is 1. The average molecular weight is 382 g/mol. The highest BCUT2D eigenvalue weighted by Gasteiger charge is 2.28. The second kappa shape index (κ2) is 6.21. The number of benzene rings is 1. The lowest BCUT2D eigenvalue weighted by molar-refractivity contribution is 0.0970. The Balaban J connectivity index is 1.70. The molecule has 24 heavy (non-hydrogen) atoms. The Kier molecular flexibility index (Phi) is 4.05. The van der Waals surface area contributed by atoms with Crippen LogP contribution < -0.4 is 0 Å². The maximum Gasteiger partial charge on any atom is 0.163 e. The van der Waals surface area contributed by atoms with Crippen molar-refractivity contribution in [2.45, 2.75) is 38.5 Å². The van der Waals surface area contributed by atoms with Crippen LogP contribution in [-0.2, 0) is 6.42 Å². The molecule has 122 valence electrons. The molecule has 0 aliphatic heterocycles. The third kappa shape index (κ3) is 2.61. The molecule has 0 radical (unpaired) electrons. The molecular weight excluding hydrogens is 362 g/mol. The average Bonchev–Trinajstić information content (AvgIpc) is 2.90. The zero-order valence-electron chi connectivity index (χ0n) is 13.8. The molecule has 0 amide bonds. The Morgan fingerprint density at radius 1 is 1.21 bits per heavy atom. The molecule has 0 bridgehead atoms. The summed E-state index contributed by atoms with van der Waals surface area (Å²) in [6.45, 7) is 2.22. The predicted octanol–water partition coefficient (Wildman–Crippen LogP) is 5.70. The molecule has 0 unspecified atom stereocenters. The highest BCUT2D eigenvalue weighted by Crippen LogP contribution is 2.39. The highest BCUT2D eigenvalue weighted by atomic mass is 79.9. The minimum Gasteiger partial charge on any atom is -0.320 e. The summed E-state index contributed by atoms with van der Waals surface area (Å²) >= 11 is 3.43. The molecule has 0 saturated heterocycles. The Morgan fingerprint density at radius 3 is 2.79 bits per heavy atom. The fourth-order valence-electron chi connectivity index (χ4n) is 4.05. The van der Waals surface area contributed by atoms with Gasteiger partial charge in [0.05, 0.1) is 0 Å². The van der Waals surface area contributed by atoms with Crippen LogP contribution in [0.5, 0.6) is 0 Å². The summed E-state index contributed by atoms with van der Waals surface area (Å²) in [4.78, 5) is 12.8. The largest absolute Gasteiger partial charge is 0.320 e. The topological polar surface area (TPSA) is 21.5 Å². The lowest BCUT2D eigenvalue weighted by Gasteiger charge is -2.23. The smallest absolute Gasteiger partial charge is 0.163 e. The normalized spacial score (nSPS) is 17.0. The first-order valence-corrected chi connectivity index (χ1v) is 9.31. The van der Waals surface area contributed by atoms with Crippen molar-refractivity contribution >= 4 is 27.2 Å². The van der Waals surface area contributed by atoms with E-state index in [1.54, 1.807) is 0 Å². The lowest BCUT2D eigenvalue weighted by Crippen LogP contribution is -2.15. The number of ketones is 1. The van der Waals surface area contributed by atoms with Crippen LogP contribution in [0.1, 0.15) is 52.4 Å². The number of aromatic nitrogens is 1. The number of Topliss-reactive ketones (excluding diaryl/α,β-unsaturated/α-hetero) is 1. The van der Waals surface area contributed by atoms with Gasteiger partial charge >= 0.3 is 0 Å². The van der Waals surface area contributed by atoms with Crippen LogP contribution in [0.3, 0.4) is 0 Å². The van der Waals surface area contributed by atoms with Gasteiger partial charge in [0.1, 0.15) is 0 Å². The number of carbonyl (C=O) groups is 1. The molecule has 1 aliphatic carbocycles. The summed E-state index contributed by atoms with van der Waals surface area (Å²) in [5.74, 6) is 0.553. The van der Waals surface area contributed by atoms with Crippen LogP contribution in [0.15, 0.2) is 53.1 Å². The maximum atomic E-state index is 12.8. The fourth-order valence-corrected chi connectivity index (χ4v) is 4.31. The van der Waals surface area contributed by atoms with Gasteiger partial charge < -0.3 is 4.40 Å². The standard InChI is InChI=1S/C21H20BrNO/c1-14-18-6-4-5-16(21(18)23-12-3-2-7-19(14)23)13-20(24)15-8-10-17(22)11-9-15/h2-3,7-12,16H,4-6,13H2,1H3/t16-/m1/s1. The molecule has 0 spiro atoms. The van der Waals surface area contributed by atoms with Gasteiger partial charge in [-0.05, 0) is 61.6 Å². The van der Waals surface area contributed by atoms with Gasteiger partial charge in [0.25, 0.3) is 0 Å². The van der Waals surface area contributed by atoms with Crippen molar-refractivity contribution in [1.29, 1.82) is 0 Å². The Labute approximate surface area is 150 Å². The molecule has 2 heterocycles. The highest BCUT2D eigenvalue weighted by molar-refractivity contribution is 9.10. The van der Waals surface area contributed by atoms with Gasteiger partial charge in [0, 0.05) is 39.8 Å². The minimum atomic E-state index is 0.240. The molecule has 4 rings (SSSR count). The first-order valence-electron chi connectivity index (χ1n) is 8.52. The van der Waals surface area contributed by atoms with Gasteiger partial charge in [-0.3, -0.25) is 4.79 Å². The molecule has 0 fully saturated rings. The van der Waals surface area contributed by atoms with Gasteiger partial charge in [0.2, 0.25) is 0 Å². The number of hydrogen-bond acceptors (Lipinski definition) is 1. The van der Waals surface area contributed by atoms with Crippen molar-refractivity contribution in [3.63, 3.8) is 0 Å². The Bertz CT molecular complexity index is 907. The van der Waals surface area contributed by atoms with E-state index < -0.39 is 0 Å². The SMILES string of the molecule is Cc1c2c(n3ccccc13)[C@@H](CC(=O)c1ccc(Br)cc1)CCC2. The Morgan fingerprint density at radius 2 is 2.00 bits per heavy atom. The summed E-state index contributed by atoms with van der Waals surface area (Å²) in [5.41, 5.74) is 6.29. The number of nitrogens with zero attached hydrogens (tertiary/aromatic N) is 1. The van der Waals surface area contributed by atoms with Crippen LogP contribution in [-0.4, -0.2) is 10.2 Å². The van der Waals surface area contributed by atoms with Crippen LogP contribution in [0.4, 0.5) is 0 Å². The van der Waals surface area contributed by atoms with Gasteiger partial charge in [-0.25, -0.2) is 0 Å². The van der Waals surface area contributed by atoms with Crippen molar-refractivity contribution in [2.75, 3.05) is 0 Å². The van der Waals surface area contributed by atoms with E-state index in [4.69, 9.17) is 0 Å². The summed E-state index contributed by atoms with van der Waals surface area (Å²) in [5, 5.41) is 0. The first kappa shape index (κ1) is 15.6. The maximum absolute atomic E-state index is 12.8. The quantitative estimate of drug-likeness (QED) is 0.532. The molecule has 2 aromatic heterocycles. The van der Waals surface area contributed by atoms with Gasteiger partial charge in [-0.2, -0.15) is 0 Å². The molecule has 1 aromatic carbocycles. The molecule has 3 aromatic rings. The van der Waals surface area contributed by atoms with Crippen LogP contribution in [0, 0.1) is 6.92 Å². The number of rotatable bonds is 3. The monoisotopic (exact) mass is 381 g/mol. The third-order valence-electron chi connectivity index (χ3n) is 5.23. The lowest BCUT2D eigenvalue weighted by atomic mass is 9.82. The zero-order chi connectivity index (χ0) is 16.7. The van der Waals surface area contributed by atoms with Gasteiger partial charge in [0.15, 0.2) is 5.78 Å². The van der Waals surface area contributed by atoms with Crippen LogP contribution >= 0.6 is 15.9 Å². The van der Waals surface area contributed by atoms with Crippen molar-refractivity contribution in [3.8, 4) is 0 Å². The second-order valence-electron chi connectivity index (χ2n) is 6.67. The first-order chi connectivity index (χ1) is 11.6. The van der Waals surface area contributed by atoms with Crippen molar-refractivity contribution in [2.24, 2.45) is 0 Å². The van der Waals surface area contributed by atoms with Crippen molar-refractivity contribution in [1.82, 2.24) is 4.40 Å². The summed E-state index contributed by atoms with van der Waals surface area (Å²) in [7, 11) is 0. The van der Waals surface area contributed by atoms with E-state index in [-0.39, 0.29) is 5.78 Å². The van der Waals surface area contributed by atoms with Crippen LogP contribution in [0.25, 0.3) is 5.52 Å². The summed E-state index contributed by atoms with van der Waals surface area (Å²) < 4.78 is 3.32. The number of fused-ring (bicyclic) bond motifs is 3. The van der Waals surface area contributed by atoms with E-state index in [2.05, 4.69) is 51.7 Å². The number of hydrogen-bond donors (Lipinski definition) is 0. The molecule has 0 saturated carbocycles. The summed E-state index contributed by atoms with van der Waals surface area (Å²) in [6.07, 6.45) is 6.13. The van der Waals surface area contributed by atoms with E-state index in [9.17, 15) is 4.79 Å². The second-order valence-corrected chi connectivity index (χ2v) is 7.58. The fraction of sp³-hybridized carbons (Fsp3) is 0.286. The predicted molar refractivity (Wildman–Crippen MR) is 101 cm³/mol. The molecule has 1 atom stereocenters.